The van der Waals surface area contributed by atoms with Crippen LogP contribution in [0.4, 0.5) is 0 Å². The molecule has 0 aromatic carbocycles. The van der Waals surface area contributed by atoms with Crippen molar-refractivity contribution >= 4 is 5.91 Å². The zero-order chi connectivity index (χ0) is 12.5. The number of carbonyl (C=O) groups excluding carboxylic acids is 1. The zero-order valence-electron chi connectivity index (χ0n) is 11.1. The first-order valence-electron chi connectivity index (χ1n) is 6.47. The van der Waals surface area contributed by atoms with Crippen molar-refractivity contribution in [3.8, 4) is 0 Å². The fourth-order valence-electron chi connectivity index (χ4n) is 1.97. The predicted molar refractivity (Wildman–Crippen MR) is 68.1 cm³/mol. The molecular formula is C12H25N3O2. The Kier molecular flexibility index (Phi) is 7.16. The van der Waals surface area contributed by atoms with Gasteiger partial charge < -0.3 is 19.9 Å². The van der Waals surface area contributed by atoms with Gasteiger partial charge in [-0.15, -0.1) is 0 Å². The van der Waals surface area contributed by atoms with Crippen LogP contribution in [-0.4, -0.2) is 75.2 Å². The van der Waals surface area contributed by atoms with Gasteiger partial charge in [0.25, 0.3) is 0 Å². The second kappa shape index (κ2) is 8.44. The first-order valence-corrected chi connectivity index (χ1v) is 6.47. The van der Waals surface area contributed by atoms with Crippen molar-refractivity contribution in [3.05, 3.63) is 0 Å². The van der Waals surface area contributed by atoms with Crippen molar-refractivity contribution in [2.75, 3.05) is 59.5 Å². The summed E-state index contributed by atoms with van der Waals surface area (Å²) in [5.41, 5.74) is 0. The topological polar surface area (TPSA) is 44.8 Å². The summed E-state index contributed by atoms with van der Waals surface area (Å²) in [5.74, 6) is 0.269. The summed E-state index contributed by atoms with van der Waals surface area (Å²) in [4.78, 5) is 16.2. The lowest BCUT2D eigenvalue weighted by Gasteiger charge is -2.34. The molecule has 0 radical (unpaired) electrons. The van der Waals surface area contributed by atoms with Gasteiger partial charge in [-0.05, 0) is 6.54 Å². The third-order valence-corrected chi connectivity index (χ3v) is 3.17. The number of nitrogens with one attached hydrogen (secondary N) is 1. The van der Waals surface area contributed by atoms with Gasteiger partial charge in [0.2, 0.25) is 5.91 Å². The molecule has 0 aromatic rings. The van der Waals surface area contributed by atoms with Crippen LogP contribution in [0, 0.1) is 0 Å². The fourth-order valence-corrected chi connectivity index (χ4v) is 1.97. The molecule has 0 bridgehead atoms. The Balaban J connectivity index is 2.08. The van der Waals surface area contributed by atoms with E-state index in [1.54, 1.807) is 7.11 Å². The first kappa shape index (κ1) is 14.4. The standard InChI is InChI=1S/C12H25N3O2/c1-3-14-7-9-15(10-8-14)12(16)4-5-13-6-11-17-2/h13H,3-11H2,1-2H3. The minimum absolute atomic E-state index is 0.269. The molecule has 1 amide bonds. The highest BCUT2D eigenvalue weighted by Gasteiger charge is 2.19. The summed E-state index contributed by atoms with van der Waals surface area (Å²) in [7, 11) is 1.68. The van der Waals surface area contributed by atoms with Gasteiger partial charge >= 0.3 is 0 Å². The maximum absolute atomic E-state index is 11.9. The summed E-state index contributed by atoms with van der Waals surface area (Å²) in [6.07, 6.45) is 0.593. The van der Waals surface area contributed by atoms with Crippen LogP contribution in [0.25, 0.3) is 0 Å². The van der Waals surface area contributed by atoms with Crippen LogP contribution in [-0.2, 0) is 9.53 Å². The van der Waals surface area contributed by atoms with Crippen molar-refractivity contribution in [2.24, 2.45) is 0 Å². The molecule has 100 valence electrons. The van der Waals surface area contributed by atoms with Crippen molar-refractivity contribution in [2.45, 2.75) is 13.3 Å². The number of piperazine rings is 1. The number of likely N-dealkylation sites (N-methyl/N-ethyl adjacent to an activating group) is 1. The van der Waals surface area contributed by atoms with E-state index in [1.165, 1.54) is 0 Å². The lowest BCUT2D eigenvalue weighted by atomic mass is 10.2. The molecule has 0 aliphatic carbocycles. The second-order valence-corrected chi connectivity index (χ2v) is 4.31. The summed E-state index contributed by atoms with van der Waals surface area (Å²) in [6.45, 7) is 9.29. The first-order chi connectivity index (χ1) is 8.27. The van der Waals surface area contributed by atoms with E-state index in [9.17, 15) is 4.79 Å². The van der Waals surface area contributed by atoms with E-state index < -0.39 is 0 Å². The molecule has 0 unspecified atom stereocenters. The van der Waals surface area contributed by atoms with Gasteiger partial charge in [0.05, 0.1) is 6.61 Å². The van der Waals surface area contributed by atoms with Gasteiger partial charge in [-0.25, -0.2) is 0 Å². The van der Waals surface area contributed by atoms with Gasteiger partial charge in [-0.2, -0.15) is 0 Å². The van der Waals surface area contributed by atoms with Crippen molar-refractivity contribution in [3.63, 3.8) is 0 Å². The minimum Gasteiger partial charge on any atom is -0.383 e. The third kappa shape index (κ3) is 5.48. The second-order valence-electron chi connectivity index (χ2n) is 4.31. The minimum atomic E-state index is 0.269. The molecule has 0 atom stereocenters. The highest BCUT2D eigenvalue weighted by Crippen LogP contribution is 2.02. The smallest absolute Gasteiger partial charge is 0.223 e. The van der Waals surface area contributed by atoms with Crippen LogP contribution in [0.2, 0.25) is 0 Å². The Hall–Kier alpha value is -0.650. The van der Waals surface area contributed by atoms with Crippen LogP contribution in [0.3, 0.4) is 0 Å². The maximum Gasteiger partial charge on any atom is 0.223 e. The molecule has 1 aliphatic rings. The van der Waals surface area contributed by atoms with Crippen molar-refractivity contribution in [1.82, 2.24) is 15.1 Å². The fraction of sp³-hybridized carbons (Fsp3) is 0.917. The molecule has 0 saturated carbocycles. The van der Waals surface area contributed by atoms with E-state index in [1.807, 2.05) is 4.90 Å². The van der Waals surface area contributed by atoms with E-state index in [-0.39, 0.29) is 5.91 Å². The lowest BCUT2D eigenvalue weighted by Crippen LogP contribution is -2.48. The number of methoxy groups -OCH3 is 1. The third-order valence-electron chi connectivity index (χ3n) is 3.17. The van der Waals surface area contributed by atoms with Crippen LogP contribution in [0.15, 0.2) is 0 Å². The number of nitrogens with zero attached hydrogens (tertiary/aromatic N) is 2. The van der Waals surface area contributed by atoms with Gasteiger partial charge in [0.1, 0.15) is 0 Å². The van der Waals surface area contributed by atoms with Gasteiger partial charge in [0, 0.05) is 52.8 Å². The van der Waals surface area contributed by atoms with E-state index >= 15 is 0 Å². The molecule has 5 nitrogen and oxygen atoms in total. The zero-order valence-corrected chi connectivity index (χ0v) is 11.1. The Bertz CT molecular complexity index is 216. The summed E-state index contributed by atoms with van der Waals surface area (Å²) >= 11 is 0. The summed E-state index contributed by atoms with van der Waals surface area (Å²) in [5, 5.41) is 3.19. The SMILES string of the molecule is CCN1CCN(C(=O)CCNCCOC)CC1. The van der Waals surface area contributed by atoms with E-state index in [0.717, 1.165) is 45.8 Å². The number of amides is 1. The molecule has 1 aliphatic heterocycles. The Morgan fingerprint density at radius 1 is 1.24 bits per heavy atom. The van der Waals surface area contributed by atoms with E-state index in [2.05, 4.69) is 17.1 Å². The Labute approximate surface area is 104 Å². The number of hydrogen-bond acceptors (Lipinski definition) is 4. The maximum atomic E-state index is 11.9. The number of carbonyl (C=O) groups is 1. The average molecular weight is 243 g/mol. The monoisotopic (exact) mass is 243 g/mol. The highest BCUT2D eigenvalue weighted by molar-refractivity contribution is 5.76. The van der Waals surface area contributed by atoms with Gasteiger partial charge in [-0.3, -0.25) is 4.79 Å². The molecule has 0 spiro atoms. The summed E-state index contributed by atoms with van der Waals surface area (Å²) < 4.78 is 4.93. The van der Waals surface area contributed by atoms with Crippen molar-refractivity contribution < 1.29 is 9.53 Å². The van der Waals surface area contributed by atoms with Crippen molar-refractivity contribution in [1.29, 1.82) is 0 Å². The highest BCUT2D eigenvalue weighted by atomic mass is 16.5. The van der Waals surface area contributed by atoms with Gasteiger partial charge in [-0.1, -0.05) is 6.92 Å². The quantitative estimate of drug-likeness (QED) is 0.628. The van der Waals surface area contributed by atoms with Crippen LogP contribution < -0.4 is 5.32 Å². The Morgan fingerprint density at radius 3 is 2.53 bits per heavy atom. The average Bonchev–Trinajstić information content (AvgIpc) is 2.38. The molecule has 5 heteroatoms. The summed E-state index contributed by atoms with van der Waals surface area (Å²) in [6, 6.07) is 0. The van der Waals surface area contributed by atoms with E-state index in [4.69, 9.17) is 4.74 Å². The van der Waals surface area contributed by atoms with Crippen LogP contribution in [0.1, 0.15) is 13.3 Å². The number of rotatable bonds is 7. The van der Waals surface area contributed by atoms with Gasteiger partial charge in [0.15, 0.2) is 0 Å². The predicted octanol–water partition coefficient (Wildman–Crippen LogP) is -0.223. The van der Waals surface area contributed by atoms with Crippen LogP contribution in [0.5, 0.6) is 0 Å². The molecular weight excluding hydrogens is 218 g/mol. The largest absolute Gasteiger partial charge is 0.383 e. The molecule has 0 aromatic heterocycles. The molecule has 1 fully saturated rings. The molecule has 1 saturated heterocycles. The molecule has 1 rings (SSSR count). The Morgan fingerprint density at radius 2 is 1.94 bits per heavy atom. The number of hydrogen-bond donors (Lipinski definition) is 1. The van der Waals surface area contributed by atoms with Crippen LogP contribution >= 0.6 is 0 Å². The normalized spacial score (nSPS) is 17.4. The molecule has 1 N–H and O–H groups in total. The molecule has 17 heavy (non-hydrogen) atoms. The van der Waals surface area contributed by atoms with E-state index in [0.29, 0.717) is 13.0 Å². The molecule has 1 heterocycles. The number of ether oxygens (including phenoxy) is 1. The lowest BCUT2D eigenvalue weighted by molar-refractivity contribution is -0.132.